The van der Waals surface area contributed by atoms with Crippen molar-refractivity contribution in [2.75, 3.05) is 0 Å². The molecule has 126 valence electrons. The Morgan fingerprint density at radius 2 is 1.75 bits per heavy atom. The van der Waals surface area contributed by atoms with Gasteiger partial charge in [0, 0.05) is 0 Å². The molecule has 0 bridgehead atoms. The molecule has 3 rings (SSSR count). The van der Waals surface area contributed by atoms with Crippen molar-refractivity contribution in [2.45, 2.75) is 25.9 Å². The molecule has 0 aliphatic carbocycles. The molecule has 24 heavy (non-hydrogen) atoms. The SMILES string of the molecule is Cc1ccccc1.NCc1nc(C(N)Cc2ccc(O)cc2)no1. The number of aromatic hydroxyl groups is 1. The molecule has 0 fully saturated rings. The predicted molar refractivity (Wildman–Crippen MR) is 92.1 cm³/mol. The van der Waals surface area contributed by atoms with Gasteiger partial charge in [-0.3, -0.25) is 0 Å². The minimum Gasteiger partial charge on any atom is -0.508 e. The number of nitrogens with two attached hydrogens (primary N) is 2. The maximum Gasteiger partial charge on any atom is 0.240 e. The molecule has 6 nitrogen and oxygen atoms in total. The predicted octanol–water partition coefficient (Wildman–Crippen LogP) is 2.47. The second-order valence-corrected chi connectivity index (χ2v) is 5.38. The molecule has 1 aromatic heterocycles. The third kappa shape index (κ3) is 5.49. The summed E-state index contributed by atoms with van der Waals surface area (Å²) >= 11 is 0. The molecule has 3 aromatic rings. The van der Waals surface area contributed by atoms with E-state index in [9.17, 15) is 0 Å². The fourth-order valence-corrected chi connectivity index (χ4v) is 2.01. The first-order valence-electron chi connectivity index (χ1n) is 7.66. The van der Waals surface area contributed by atoms with Gasteiger partial charge in [-0.15, -0.1) is 0 Å². The van der Waals surface area contributed by atoms with Crippen molar-refractivity contribution in [3.05, 3.63) is 77.4 Å². The van der Waals surface area contributed by atoms with Gasteiger partial charge in [-0.05, 0) is 31.0 Å². The molecule has 6 heteroatoms. The maximum absolute atomic E-state index is 9.16. The van der Waals surface area contributed by atoms with E-state index in [1.54, 1.807) is 24.3 Å². The van der Waals surface area contributed by atoms with Crippen LogP contribution in [0.25, 0.3) is 0 Å². The van der Waals surface area contributed by atoms with Gasteiger partial charge < -0.3 is 21.1 Å². The highest BCUT2D eigenvalue weighted by Gasteiger charge is 2.14. The van der Waals surface area contributed by atoms with Crippen LogP contribution in [0, 0.1) is 6.92 Å². The van der Waals surface area contributed by atoms with Gasteiger partial charge in [0.2, 0.25) is 5.89 Å². The monoisotopic (exact) mass is 326 g/mol. The molecule has 1 unspecified atom stereocenters. The van der Waals surface area contributed by atoms with Crippen molar-refractivity contribution < 1.29 is 9.63 Å². The smallest absolute Gasteiger partial charge is 0.240 e. The van der Waals surface area contributed by atoms with Crippen LogP contribution in [0.5, 0.6) is 5.75 Å². The lowest BCUT2D eigenvalue weighted by Gasteiger charge is -2.06. The van der Waals surface area contributed by atoms with Crippen LogP contribution in [0.2, 0.25) is 0 Å². The maximum atomic E-state index is 9.16. The molecule has 1 heterocycles. The van der Waals surface area contributed by atoms with Crippen LogP contribution in [0.1, 0.15) is 28.9 Å². The topological polar surface area (TPSA) is 111 Å². The quantitative estimate of drug-likeness (QED) is 0.679. The number of aromatic nitrogens is 2. The van der Waals surface area contributed by atoms with Crippen LogP contribution in [0.3, 0.4) is 0 Å². The van der Waals surface area contributed by atoms with Crippen LogP contribution < -0.4 is 11.5 Å². The fourth-order valence-electron chi connectivity index (χ4n) is 2.01. The lowest BCUT2D eigenvalue weighted by Crippen LogP contribution is -2.15. The first-order valence-corrected chi connectivity index (χ1v) is 7.66. The van der Waals surface area contributed by atoms with E-state index in [2.05, 4.69) is 29.2 Å². The lowest BCUT2D eigenvalue weighted by atomic mass is 10.1. The Bertz CT molecular complexity index is 726. The fraction of sp³-hybridized carbons (Fsp3) is 0.222. The van der Waals surface area contributed by atoms with E-state index in [0.29, 0.717) is 18.1 Å². The molecule has 0 aliphatic heterocycles. The zero-order valence-electron chi connectivity index (χ0n) is 13.6. The molecule has 0 spiro atoms. The molecular formula is C18H22N4O2. The second-order valence-electron chi connectivity index (χ2n) is 5.38. The van der Waals surface area contributed by atoms with Crippen molar-refractivity contribution in [1.82, 2.24) is 10.1 Å². The summed E-state index contributed by atoms with van der Waals surface area (Å²) < 4.78 is 4.89. The van der Waals surface area contributed by atoms with Crippen molar-refractivity contribution in [3.63, 3.8) is 0 Å². The number of rotatable bonds is 4. The standard InChI is InChI=1S/C11H14N4O2.C7H8/c12-6-10-14-11(15-17-10)9(13)5-7-1-3-8(16)4-2-7;1-7-5-3-2-4-6-7/h1-4,9,16H,5-6,12-13H2;2-6H,1H3. The van der Waals surface area contributed by atoms with E-state index < -0.39 is 0 Å². The van der Waals surface area contributed by atoms with Crippen molar-refractivity contribution in [2.24, 2.45) is 11.5 Å². The molecule has 0 saturated heterocycles. The zero-order valence-corrected chi connectivity index (χ0v) is 13.6. The third-order valence-corrected chi connectivity index (χ3v) is 3.32. The van der Waals surface area contributed by atoms with E-state index in [1.165, 1.54) is 5.56 Å². The van der Waals surface area contributed by atoms with Gasteiger partial charge >= 0.3 is 0 Å². The highest BCUT2D eigenvalue weighted by atomic mass is 16.5. The second kappa shape index (κ2) is 8.81. The normalized spacial score (nSPS) is 11.5. The number of phenolic OH excluding ortho intramolecular Hbond substituents is 1. The molecule has 5 N–H and O–H groups in total. The first-order chi connectivity index (χ1) is 11.6. The summed E-state index contributed by atoms with van der Waals surface area (Å²) in [6.45, 7) is 2.29. The van der Waals surface area contributed by atoms with Gasteiger partial charge in [-0.25, -0.2) is 0 Å². The van der Waals surface area contributed by atoms with Crippen molar-refractivity contribution in [3.8, 4) is 5.75 Å². The van der Waals surface area contributed by atoms with Gasteiger partial charge in [-0.1, -0.05) is 53.2 Å². The number of aryl methyl sites for hydroxylation is 1. The lowest BCUT2D eigenvalue weighted by molar-refractivity contribution is 0.371. The van der Waals surface area contributed by atoms with Crippen LogP contribution in [-0.4, -0.2) is 15.2 Å². The summed E-state index contributed by atoms with van der Waals surface area (Å²) in [7, 11) is 0. The van der Waals surface area contributed by atoms with E-state index in [0.717, 1.165) is 5.56 Å². The Hall–Kier alpha value is -2.70. The molecule has 1 atom stereocenters. The van der Waals surface area contributed by atoms with Crippen molar-refractivity contribution >= 4 is 0 Å². The minimum atomic E-state index is -0.344. The number of hydrogen-bond donors (Lipinski definition) is 3. The summed E-state index contributed by atoms with van der Waals surface area (Å²) in [6, 6.07) is 16.8. The molecule has 2 aromatic carbocycles. The van der Waals surface area contributed by atoms with Gasteiger partial charge in [0.25, 0.3) is 0 Å². The summed E-state index contributed by atoms with van der Waals surface area (Å²) in [5, 5.41) is 12.9. The highest BCUT2D eigenvalue weighted by molar-refractivity contribution is 5.26. The number of phenols is 1. The summed E-state index contributed by atoms with van der Waals surface area (Å²) in [4.78, 5) is 4.07. The molecule has 0 saturated carbocycles. The van der Waals surface area contributed by atoms with E-state index in [-0.39, 0.29) is 18.3 Å². The molecule has 0 amide bonds. The first kappa shape index (κ1) is 17.7. The minimum absolute atomic E-state index is 0.207. The zero-order chi connectivity index (χ0) is 17.4. The summed E-state index contributed by atoms with van der Waals surface area (Å²) in [5.41, 5.74) is 13.6. The van der Waals surface area contributed by atoms with Crippen molar-refractivity contribution in [1.29, 1.82) is 0 Å². The van der Waals surface area contributed by atoms with Gasteiger partial charge in [-0.2, -0.15) is 4.98 Å². The van der Waals surface area contributed by atoms with Crippen LogP contribution in [-0.2, 0) is 13.0 Å². The summed E-state index contributed by atoms with van der Waals surface area (Å²) in [5.74, 6) is 1.05. The highest BCUT2D eigenvalue weighted by Crippen LogP contribution is 2.16. The Morgan fingerprint density at radius 3 is 2.25 bits per heavy atom. The Morgan fingerprint density at radius 1 is 1.08 bits per heavy atom. The molecular weight excluding hydrogens is 304 g/mol. The average molecular weight is 326 g/mol. The molecule has 0 aliphatic rings. The molecule has 0 radical (unpaired) electrons. The van der Waals surface area contributed by atoms with E-state index in [4.69, 9.17) is 21.1 Å². The van der Waals surface area contributed by atoms with Gasteiger partial charge in [0.15, 0.2) is 5.82 Å². The van der Waals surface area contributed by atoms with Crippen LogP contribution in [0.15, 0.2) is 59.1 Å². The summed E-state index contributed by atoms with van der Waals surface area (Å²) in [6.07, 6.45) is 0.573. The van der Waals surface area contributed by atoms with E-state index in [1.807, 2.05) is 18.2 Å². The Kier molecular flexibility index (Phi) is 6.48. The number of nitrogens with zero attached hydrogens (tertiary/aromatic N) is 2. The third-order valence-electron chi connectivity index (χ3n) is 3.32. The van der Waals surface area contributed by atoms with Crippen LogP contribution >= 0.6 is 0 Å². The largest absolute Gasteiger partial charge is 0.508 e. The number of hydrogen-bond acceptors (Lipinski definition) is 6. The van der Waals surface area contributed by atoms with Crippen LogP contribution in [0.4, 0.5) is 0 Å². The van der Waals surface area contributed by atoms with E-state index >= 15 is 0 Å². The number of benzene rings is 2. The Balaban J connectivity index is 0.000000249. The van der Waals surface area contributed by atoms with Gasteiger partial charge in [0.05, 0.1) is 12.6 Å². The van der Waals surface area contributed by atoms with Gasteiger partial charge in [0.1, 0.15) is 5.75 Å². The Labute approximate surface area is 141 Å². The average Bonchev–Trinajstić information content (AvgIpc) is 3.07.